The summed E-state index contributed by atoms with van der Waals surface area (Å²) in [6.07, 6.45) is 1.55. The first-order valence-corrected chi connectivity index (χ1v) is 9.65. The Balaban J connectivity index is 1.50. The zero-order chi connectivity index (χ0) is 20.6. The van der Waals surface area contributed by atoms with Gasteiger partial charge in [0, 0.05) is 6.54 Å². The maximum absolute atomic E-state index is 12.0. The van der Waals surface area contributed by atoms with Crippen LogP contribution in [-0.2, 0) is 20.9 Å². The number of carbonyl (C=O) groups is 2. The second kappa shape index (κ2) is 9.57. The van der Waals surface area contributed by atoms with Gasteiger partial charge in [-0.3, -0.25) is 14.2 Å². The van der Waals surface area contributed by atoms with Crippen molar-refractivity contribution in [3.8, 4) is 17.7 Å². The lowest BCUT2D eigenvalue weighted by Gasteiger charge is -2.08. The van der Waals surface area contributed by atoms with Crippen LogP contribution < -0.4 is 5.32 Å². The van der Waals surface area contributed by atoms with Gasteiger partial charge < -0.3 is 14.5 Å². The first kappa shape index (κ1) is 20.2. The van der Waals surface area contributed by atoms with Gasteiger partial charge in [0.15, 0.2) is 23.3 Å². The van der Waals surface area contributed by atoms with Gasteiger partial charge in [-0.1, -0.05) is 23.9 Å². The van der Waals surface area contributed by atoms with Crippen molar-refractivity contribution in [2.75, 3.05) is 17.7 Å². The van der Waals surface area contributed by atoms with Gasteiger partial charge in [0.25, 0.3) is 5.91 Å². The van der Waals surface area contributed by atoms with Crippen LogP contribution >= 0.6 is 11.8 Å². The SMILES string of the molecule is CCn1c(SCC(=O)OCC(=O)Nc2ccccc2C#N)nnc1-c1ccco1. The third kappa shape index (κ3) is 5.03. The van der Waals surface area contributed by atoms with E-state index in [1.54, 1.807) is 42.7 Å². The lowest BCUT2D eigenvalue weighted by Crippen LogP contribution is -2.22. The molecule has 1 aromatic carbocycles. The summed E-state index contributed by atoms with van der Waals surface area (Å²) < 4.78 is 12.2. The number of para-hydroxylation sites is 1. The van der Waals surface area contributed by atoms with Crippen molar-refractivity contribution >= 4 is 29.3 Å². The van der Waals surface area contributed by atoms with Crippen molar-refractivity contribution in [1.82, 2.24) is 14.8 Å². The minimum atomic E-state index is -0.566. The van der Waals surface area contributed by atoms with Crippen LogP contribution in [0.3, 0.4) is 0 Å². The number of hydrogen-bond acceptors (Lipinski definition) is 8. The third-order valence-electron chi connectivity index (χ3n) is 3.78. The van der Waals surface area contributed by atoms with Crippen LogP contribution in [-0.4, -0.2) is 39.0 Å². The molecule has 3 rings (SSSR count). The molecule has 3 aromatic rings. The number of aromatic nitrogens is 3. The fourth-order valence-electron chi connectivity index (χ4n) is 2.46. The zero-order valence-corrected chi connectivity index (χ0v) is 16.3. The second-order valence-electron chi connectivity index (χ2n) is 5.68. The normalized spacial score (nSPS) is 10.3. The molecule has 2 heterocycles. The molecule has 0 radical (unpaired) electrons. The Morgan fingerprint density at radius 1 is 1.28 bits per heavy atom. The number of amides is 1. The van der Waals surface area contributed by atoms with Crippen molar-refractivity contribution in [2.45, 2.75) is 18.6 Å². The zero-order valence-electron chi connectivity index (χ0n) is 15.5. The minimum Gasteiger partial charge on any atom is -0.461 e. The van der Waals surface area contributed by atoms with E-state index in [1.165, 1.54) is 0 Å². The van der Waals surface area contributed by atoms with E-state index in [1.807, 2.05) is 17.6 Å². The standard InChI is InChI=1S/C19H17N5O4S/c1-2-24-18(15-8-5-9-27-15)22-23-19(24)29-12-17(26)28-11-16(25)21-14-7-4-3-6-13(14)10-20/h3-9H,2,11-12H2,1H3,(H,21,25). The van der Waals surface area contributed by atoms with Crippen molar-refractivity contribution in [3.05, 3.63) is 48.2 Å². The monoisotopic (exact) mass is 411 g/mol. The molecule has 0 aliphatic rings. The lowest BCUT2D eigenvalue weighted by atomic mass is 10.2. The molecule has 0 aliphatic heterocycles. The summed E-state index contributed by atoms with van der Waals surface area (Å²) in [4.78, 5) is 23.9. The quantitative estimate of drug-likeness (QED) is 0.443. The molecule has 0 bridgehead atoms. The number of esters is 1. The van der Waals surface area contributed by atoms with Crippen LogP contribution in [0.4, 0.5) is 5.69 Å². The summed E-state index contributed by atoms with van der Waals surface area (Å²) in [5, 5.41) is 20.3. The van der Waals surface area contributed by atoms with Crippen LogP contribution in [0.2, 0.25) is 0 Å². The highest BCUT2D eigenvalue weighted by Gasteiger charge is 2.17. The molecule has 10 heteroatoms. The van der Waals surface area contributed by atoms with E-state index in [2.05, 4.69) is 15.5 Å². The predicted octanol–water partition coefficient (Wildman–Crippen LogP) is 2.70. The van der Waals surface area contributed by atoms with Crippen molar-refractivity contribution in [1.29, 1.82) is 5.26 Å². The van der Waals surface area contributed by atoms with E-state index in [-0.39, 0.29) is 5.75 Å². The largest absolute Gasteiger partial charge is 0.461 e. The number of nitrogens with one attached hydrogen (secondary N) is 1. The average Bonchev–Trinajstić information content (AvgIpc) is 3.40. The van der Waals surface area contributed by atoms with Crippen molar-refractivity contribution in [2.24, 2.45) is 0 Å². The van der Waals surface area contributed by atoms with E-state index in [4.69, 9.17) is 14.4 Å². The molecule has 148 valence electrons. The summed E-state index contributed by atoms with van der Waals surface area (Å²) in [5.41, 5.74) is 0.695. The van der Waals surface area contributed by atoms with E-state index in [0.717, 1.165) is 11.8 Å². The first-order chi connectivity index (χ1) is 14.1. The van der Waals surface area contributed by atoms with Crippen LogP contribution in [0.5, 0.6) is 0 Å². The predicted molar refractivity (Wildman–Crippen MR) is 105 cm³/mol. The van der Waals surface area contributed by atoms with Gasteiger partial charge in [-0.05, 0) is 31.2 Å². The highest BCUT2D eigenvalue weighted by atomic mass is 32.2. The summed E-state index contributed by atoms with van der Waals surface area (Å²) in [5.74, 6) is 0.0389. The van der Waals surface area contributed by atoms with Gasteiger partial charge in [-0.15, -0.1) is 10.2 Å². The molecule has 2 aromatic heterocycles. The van der Waals surface area contributed by atoms with E-state index < -0.39 is 18.5 Å². The minimum absolute atomic E-state index is 0.0294. The van der Waals surface area contributed by atoms with E-state index >= 15 is 0 Å². The number of thioether (sulfide) groups is 1. The van der Waals surface area contributed by atoms with Gasteiger partial charge >= 0.3 is 5.97 Å². The molecule has 0 aliphatic carbocycles. The number of carbonyl (C=O) groups excluding carboxylic acids is 2. The van der Waals surface area contributed by atoms with E-state index in [9.17, 15) is 9.59 Å². The lowest BCUT2D eigenvalue weighted by molar-refractivity contribution is -0.144. The third-order valence-corrected chi connectivity index (χ3v) is 4.72. The van der Waals surface area contributed by atoms with Crippen molar-refractivity contribution in [3.63, 3.8) is 0 Å². The summed E-state index contributed by atoms with van der Waals surface area (Å²) in [6, 6.07) is 12.1. The van der Waals surface area contributed by atoms with Gasteiger partial charge in [0.05, 0.1) is 23.3 Å². The molecule has 0 saturated carbocycles. The molecule has 0 spiro atoms. The fraction of sp³-hybridized carbons (Fsp3) is 0.211. The molecule has 0 fully saturated rings. The number of nitriles is 1. The van der Waals surface area contributed by atoms with Gasteiger partial charge in [-0.2, -0.15) is 5.26 Å². The Hall–Kier alpha value is -3.58. The maximum atomic E-state index is 12.0. The van der Waals surface area contributed by atoms with Crippen LogP contribution in [0.15, 0.2) is 52.2 Å². The number of hydrogen-bond donors (Lipinski definition) is 1. The Kier molecular flexibility index (Phi) is 6.65. The summed E-state index contributed by atoms with van der Waals surface area (Å²) in [6.45, 7) is 2.08. The topological polar surface area (TPSA) is 123 Å². The molecule has 0 unspecified atom stereocenters. The number of ether oxygens (including phenoxy) is 1. The number of rotatable bonds is 8. The number of benzene rings is 1. The summed E-state index contributed by atoms with van der Waals surface area (Å²) >= 11 is 1.16. The first-order valence-electron chi connectivity index (χ1n) is 8.66. The number of furan rings is 1. The highest BCUT2D eigenvalue weighted by molar-refractivity contribution is 7.99. The van der Waals surface area contributed by atoms with Crippen molar-refractivity contribution < 1.29 is 18.7 Å². The number of nitrogens with zero attached hydrogens (tertiary/aromatic N) is 4. The Morgan fingerprint density at radius 3 is 2.83 bits per heavy atom. The molecule has 29 heavy (non-hydrogen) atoms. The summed E-state index contributed by atoms with van der Waals surface area (Å²) in [7, 11) is 0. The van der Waals surface area contributed by atoms with Gasteiger partial charge in [0.2, 0.25) is 0 Å². The molecular weight excluding hydrogens is 394 g/mol. The van der Waals surface area contributed by atoms with Crippen LogP contribution in [0, 0.1) is 11.3 Å². The van der Waals surface area contributed by atoms with Gasteiger partial charge in [-0.25, -0.2) is 0 Å². The molecule has 0 saturated heterocycles. The smallest absolute Gasteiger partial charge is 0.316 e. The Morgan fingerprint density at radius 2 is 2.10 bits per heavy atom. The Bertz CT molecular complexity index is 1040. The highest BCUT2D eigenvalue weighted by Crippen LogP contribution is 2.24. The van der Waals surface area contributed by atoms with E-state index in [0.29, 0.717) is 34.5 Å². The average molecular weight is 411 g/mol. The molecule has 1 amide bonds. The van der Waals surface area contributed by atoms with Crippen LogP contribution in [0.1, 0.15) is 12.5 Å². The fourth-order valence-corrected chi connectivity index (χ4v) is 3.26. The number of anilines is 1. The van der Waals surface area contributed by atoms with Gasteiger partial charge in [0.1, 0.15) is 6.07 Å². The molecule has 1 N–H and O–H groups in total. The maximum Gasteiger partial charge on any atom is 0.316 e. The molecule has 0 atom stereocenters. The van der Waals surface area contributed by atoms with Crippen LogP contribution in [0.25, 0.3) is 11.6 Å². The second-order valence-corrected chi connectivity index (χ2v) is 6.63. The Labute approximate surface area is 170 Å². The molecule has 9 nitrogen and oxygen atoms in total. The molecular formula is C19H17N5O4S.